The summed E-state index contributed by atoms with van der Waals surface area (Å²) in [6.07, 6.45) is 1.62. The maximum Gasteiger partial charge on any atom is 0.147 e. The van der Waals surface area contributed by atoms with Crippen LogP contribution in [-0.2, 0) is 0 Å². The molecule has 0 saturated carbocycles. The lowest BCUT2D eigenvalue weighted by molar-refractivity contribution is 0.359. The number of hydrogen-bond acceptors (Lipinski definition) is 4. The lowest BCUT2D eigenvalue weighted by atomic mass is 9.88. The van der Waals surface area contributed by atoms with Crippen molar-refractivity contribution in [2.24, 2.45) is 5.41 Å². The van der Waals surface area contributed by atoms with Crippen LogP contribution in [0.25, 0.3) is 10.2 Å². The van der Waals surface area contributed by atoms with Gasteiger partial charge in [0, 0.05) is 6.04 Å². The molecule has 1 N–H and O–H groups in total. The Morgan fingerprint density at radius 2 is 2.06 bits per heavy atom. The second-order valence-corrected chi connectivity index (χ2v) is 6.01. The smallest absolute Gasteiger partial charge is 0.147 e. The van der Waals surface area contributed by atoms with Gasteiger partial charge in [-0.15, -0.1) is 11.3 Å². The molecule has 0 aliphatic rings. The fourth-order valence-corrected chi connectivity index (χ4v) is 2.11. The van der Waals surface area contributed by atoms with Crippen molar-refractivity contribution in [2.75, 3.05) is 5.32 Å². The fraction of sp³-hybridized carbons (Fsp3) is 0.500. The Bertz CT molecular complexity index is 484. The van der Waals surface area contributed by atoms with Crippen molar-refractivity contribution in [3.05, 3.63) is 17.8 Å². The minimum absolute atomic E-state index is 0.217. The summed E-state index contributed by atoms with van der Waals surface area (Å²) in [5, 5.41) is 5.52. The average Bonchev–Trinajstić information content (AvgIpc) is 2.65. The average molecular weight is 235 g/mol. The molecule has 0 amide bonds. The third-order valence-corrected chi connectivity index (χ3v) is 3.81. The Morgan fingerprint density at radius 3 is 2.75 bits per heavy atom. The summed E-state index contributed by atoms with van der Waals surface area (Å²) in [6, 6.07) is 2.39. The van der Waals surface area contributed by atoms with E-state index in [9.17, 15) is 0 Å². The van der Waals surface area contributed by atoms with Gasteiger partial charge in [0.2, 0.25) is 0 Å². The van der Waals surface area contributed by atoms with Crippen molar-refractivity contribution < 1.29 is 0 Å². The first-order valence-corrected chi connectivity index (χ1v) is 6.31. The number of thiophene rings is 1. The number of fused-ring (bicyclic) bond motifs is 1. The molecule has 0 aliphatic heterocycles. The molecule has 0 bridgehead atoms. The van der Waals surface area contributed by atoms with Gasteiger partial charge in [-0.25, -0.2) is 9.97 Å². The van der Waals surface area contributed by atoms with Crippen LogP contribution in [0.5, 0.6) is 0 Å². The van der Waals surface area contributed by atoms with Gasteiger partial charge >= 0.3 is 0 Å². The Hall–Kier alpha value is -1.16. The number of anilines is 1. The molecular formula is C12H17N3S. The molecule has 0 fully saturated rings. The van der Waals surface area contributed by atoms with Gasteiger partial charge in [0.15, 0.2) is 0 Å². The predicted molar refractivity (Wildman–Crippen MR) is 70.0 cm³/mol. The summed E-state index contributed by atoms with van der Waals surface area (Å²) in [4.78, 5) is 8.55. The molecule has 0 spiro atoms. The fourth-order valence-electron chi connectivity index (χ4n) is 1.31. The number of rotatable bonds is 2. The lowest BCUT2D eigenvalue weighted by Crippen LogP contribution is -2.31. The maximum absolute atomic E-state index is 4.32. The van der Waals surface area contributed by atoms with Gasteiger partial charge in [-0.2, -0.15) is 0 Å². The van der Waals surface area contributed by atoms with Crippen LogP contribution in [0, 0.1) is 5.41 Å². The molecule has 0 saturated heterocycles. The molecule has 16 heavy (non-hydrogen) atoms. The largest absolute Gasteiger partial charge is 0.366 e. The summed E-state index contributed by atoms with van der Waals surface area (Å²) in [5.41, 5.74) is 1.23. The number of nitrogens with one attached hydrogen (secondary N) is 1. The first-order valence-electron chi connectivity index (χ1n) is 5.43. The van der Waals surface area contributed by atoms with E-state index in [1.165, 1.54) is 0 Å². The van der Waals surface area contributed by atoms with E-state index in [2.05, 4.69) is 43.0 Å². The summed E-state index contributed by atoms with van der Waals surface area (Å²) >= 11 is 1.68. The summed E-state index contributed by atoms with van der Waals surface area (Å²) in [5.74, 6) is 0.947. The normalized spacial score (nSPS) is 14.0. The highest BCUT2D eigenvalue weighted by molar-refractivity contribution is 7.17. The summed E-state index contributed by atoms with van der Waals surface area (Å²) in [7, 11) is 0. The summed E-state index contributed by atoms with van der Waals surface area (Å²) < 4.78 is 1.14. The number of hydrogen-bond donors (Lipinski definition) is 1. The standard InChI is InChI=1S/C12H17N3S/c1-8(12(2,3)4)15-11-10-9(5-6-16-10)13-7-14-11/h5-8H,1-4H3,(H,13,14,15). The van der Waals surface area contributed by atoms with E-state index in [-0.39, 0.29) is 5.41 Å². The van der Waals surface area contributed by atoms with Crippen molar-refractivity contribution in [2.45, 2.75) is 33.7 Å². The summed E-state index contributed by atoms with van der Waals surface area (Å²) in [6.45, 7) is 8.84. The Kier molecular flexibility index (Phi) is 2.84. The first-order chi connectivity index (χ1) is 7.48. The lowest BCUT2D eigenvalue weighted by Gasteiger charge is -2.28. The SMILES string of the molecule is CC(Nc1ncnc2ccsc12)C(C)(C)C. The molecule has 0 radical (unpaired) electrons. The molecule has 0 aromatic carbocycles. The monoisotopic (exact) mass is 235 g/mol. The maximum atomic E-state index is 4.32. The van der Waals surface area contributed by atoms with Crippen LogP contribution in [0.1, 0.15) is 27.7 Å². The van der Waals surface area contributed by atoms with Crippen molar-refractivity contribution >= 4 is 27.4 Å². The van der Waals surface area contributed by atoms with Crippen LogP contribution in [0.4, 0.5) is 5.82 Å². The van der Waals surface area contributed by atoms with E-state index < -0.39 is 0 Å². The van der Waals surface area contributed by atoms with Gasteiger partial charge in [0.1, 0.15) is 12.1 Å². The highest BCUT2D eigenvalue weighted by atomic mass is 32.1. The molecule has 1 unspecified atom stereocenters. The van der Waals surface area contributed by atoms with Crippen molar-refractivity contribution in [3.8, 4) is 0 Å². The van der Waals surface area contributed by atoms with Crippen LogP contribution < -0.4 is 5.32 Å². The molecule has 1 atom stereocenters. The van der Waals surface area contributed by atoms with Crippen LogP contribution in [0.15, 0.2) is 17.8 Å². The van der Waals surface area contributed by atoms with Crippen molar-refractivity contribution in [1.29, 1.82) is 0 Å². The third-order valence-electron chi connectivity index (χ3n) is 2.90. The quantitative estimate of drug-likeness (QED) is 0.865. The van der Waals surface area contributed by atoms with Crippen molar-refractivity contribution in [1.82, 2.24) is 9.97 Å². The zero-order chi connectivity index (χ0) is 11.8. The first kappa shape index (κ1) is 11.3. The molecule has 0 aliphatic carbocycles. The van der Waals surface area contributed by atoms with Crippen LogP contribution in [0.2, 0.25) is 0 Å². The van der Waals surface area contributed by atoms with Gasteiger partial charge in [0.25, 0.3) is 0 Å². The van der Waals surface area contributed by atoms with E-state index in [0.29, 0.717) is 6.04 Å². The molecular weight excluding hydrogens is 218 g/mol. The second kappa shape index (κ2) is 4.01. The van der Waals surface area contributed by atoms with Crippen LogP contribution >= 0.6 is 11.3 Å². The van der Waals surface area contributed by atoms with Crippen molar-refractivity contribution in [3.63, 3.8) is 0 Å². The highest BCUT2D eigenvalue weighted by Crippen LogP contribution is 2.28. The molecule has 86 valence electrons. The minimum Gasteiger partial charge on any atom is -0.366 e. The van der Waals surface area contributed by atoms with Gasteiger partial charge in [-0.05, 0) is 23.8 Å². The number of aromatic nitrogens is 2. The Balaban J connectivity index is 2.31. The predicted octanol–water partition coefficient (Wildman–Crippen LogP) is 3.54. The topological polar surface area (TPSA) is 37.8 Å². The molecule has 2 heterocycles. The number of nitrogens with zero attached hydrogens (tertiary/aromatic N) is 2. The van der Waals surface area contributed by atoms with E-state index in [1.54, 1.807) is 17.7 Å². The highest BCUT2D eigenvalue weighted by Gasteiger charge is 2.20. The van der Waals surface area contributed by atoms with Gasteiger partial charge in [0.05, 0.1) is 10.2 Å². The second-order valence-electron chi connectivity index (χ2n) is 5.09. The van der Waals surface area contributed by atoms with E-state index >= 15 is 0 Å². The van der Waals surface area contributed by atoms with Crippen LogP contribution in [0.3, 0.4) is 0 Å². The molecule has 3 nitrogen and oxygen atoms in total. The van der Waals surface area contributed by atoms with E-state index in [1.807, 2.05) is 11.4 Å². The molecule has 2 rings (SSSR count). The molecule has 2 aromatic rings. The Labute approximate surface area is 99.9 Å². The Morgan fingerprint density at radius 1 is 1.31 bits per heavy atom. The zero-order valence-electron chi connectivity index (χ0n) is 10.1. The molecule has 4 heteroatoms. The van der Waals surface area contributed by atoms with Gasteiger partial charge in [-0.3, -0.25) is 0 Å². The van der Waals surface area contributed by atoms with Gasteiger partial charge in [-0.1, -0.05) is 20.8 Å². The van der Waals surface area contributed by atoms with E-state index in [0.717, 1.165) is 16.0 Å². The van der Waals surface area contributed by atoms with Gasteiger partial charge < -0.3 is 5.32 Å². The minimum atomic E-state index is 0.217. The third kappa shape index (κ3) is 2.16. The van der Waals surface area contributed by atoms with Crippen LogP contribution in [-0.4, -0.2) is 16.0 Å². The molecule has 2 aromatic heterocycles. The zero-order valence-corrected chi connectivity index (χ0v) is 10.9. The van der Waals surface area contributed by atoms with E-state index in [4.69, 9.17) is 0 Å².